The topological polar surface area (TPSA) is 66.5 Å². The Labute approximate surface area is 161 Å². The Kier molecular flexibility index (Phi) is 5.67. The fourth-order valence-electron chi connectivity index (χ4n) is 3.42. The van der Waals surface area contributed by atoms with Crippen molar-refractivity contribution in [1.29, 1.82) is 0 Å². The van der Waals surface area contributed by atoms with Crippen LogP contribution in [0.2, 0.25) is 0 Å². The van der Waals surface area contributed by atoms with Crippen molar-refractivity contribution in [1.82, 2.24) is 4.31 Å². The van der Waals surface area contributed by atoms with Crippen LogP contribution in [0.3, 0.4) is 0 Å². The molecule has 2 aromatic carbocycles. The van der Waals surface area contributed by atoms with E-state index in [4.69, 9.17) is 0 Å². The summed E-state index contributed by atoms with van der Waals surface area (Å²) < 4.78 is 27.3. The molecule has 2 aromatic rings. The van der Waals surface area contributed by atoms with Crippen LogP contribution in [0.5, 0.6) is 0 Å². The zero-order chi connectivity index (χ0) is 19.6. The summed E-state index contributed by atoms with van der Waals surface area (Å²) in [4.78, 5) is 13.0. The van der Waals surface area contributed by atoms with Gasteiger partial charge < -0.3 is 5.32 Å². The monoisotopic (exact) mass is 386 g/mol. The van der Waals surface area contributed by atoms with Crippen LogP contribution in [0.1, 0.15) is 29.5 Å². The lowest BCUT2D eigenvalue weighted by molar-refractivity contribution is -0.120. The Morgan fingerprint density at radius 1 is 1.04 bits per heavy atom. The van der Waals surface area contributed by atoms with Gasteiger partial charge in [0.15, 0.2) is 0 Å². The Hall–Kier alpha value is -2.18. The molecule has 6 heteroatoms. The van der Waals surface area contributed by atoms with Gasteiger partial charge in [0, 0.05) is 18.8 Å². The lowest BCUT2D eigenvalue weighted by atomic mass is 9.98. The third kappa shape index (κ3) is 4.39. The highest BCUT2D eigenvalue weighted by Crippen LogP contribution is 2.25. The quantitative estimate of drug-likeness (QED) is 0.872. The molecule has 1 atom stereocenters. The van der Waals surface area contributed by atoms with E-state index in [-0.39, 0.29) is 23.3 Å². The minimum absolute atomic E-state index is 0.120. The first-order chi connectivity index (χ1) is 12.8. The number of nitrogens with one attached hydrogen (secondary N) is 1. The second-order valence-electron chi connectivity index (χ2n) is 7.32. The first-order valence-electron chi connectivity index (χ1n) is 9.22. The Balaban J connectivity index is 1.73. The normalized spacial score (nSPS) is 18.3. The van der Waals surface area contributed by atoms with Gasteiger partial charge in [-0.05, 0) is 57.4 Å². The van der Waals surface area contributed by atoms with Crippen molar-refractivity contribution in [3.63, 3.8) is 0 Å². The van der Waals surface area contributed by atoms with Crippen LogP contribution in [0.4, 0.5) is 5.69 Å². The van der Waals surface area contributed by atoms with Gasteiger partial charge in [-0.15, -0.1) is 0 Å². The van der Waals surface area contributed by atoms with Gasteiger partial charge in [-0.3, -0.25) is 4.79 Å². The largest absolute Gasteiger partial charge is 0.326 e. The Morgan fingerprint density at radius 2 is 1.70 bits per heavy atom. The predicted octanol–water partition coefficient (Wildman–Crippen LogP) is 3.65. The molecular weight excluding hydrogens is 360 g/mol. The average Bonchev–Trinajstić information content (AvgIpc) is 2.64. The van der Waals surface area contributed by atoms with Gasteiger partial charge in [-0.1, -0.05) is 35.4 Å². The molecule has 1 saturated heterocycles. The van der Waals surface area contributed by atoms with Crippen molar-refractivity contribution in [3.05, 3.63) is 59.2 Å². The number of benzene rings is 2. The zero-order valence-corrected chi connectivity index (χ0v) is 16.8. The summed E-state index contributed by atoms with van der Waals surface area (Å²) in [5.74, 6) is -0.467. The smallest absolute Gasteiger partial charge is 0.243 e. The summed E-state index contributed by atoms with van der Waals surface area (Å²) in [7, 11) is -3.58. The van der Waals surface area contributed by atoms with E-state index in [1.54, 1.807) is 24.3 Å². The van der Waals surface area contributed by atoms with Crippen LogP contribution in [0, 0.1) is 26.7 Å². The molecule has 0 saturated carbocycles. The molecule has 27 heavy (non-hydrogen) atoms. The number of sulfonamides is 1. The first kappa shape index (κ1) is 19.6. The number of carbonyl (C=O) groups is 1. The fraction of sp³-hybridized carbons (Fsp3) is 0.381. The van der Waals surface area contributed by atoms with E-state index in [1.165, 1.54) is 4.31 Å². The fourth-order valence-corrected chi connectivity index (χ4v) is 4.95. The lowest BCUT2D eigenvalue weighted by Crippen LogP contribution is -2.43. The number of anilines is 1. The van der Waals surface area contributed by atoms with E-state index in [0.717, 1.165) is 22.4 Å². The van der Waals surface area contributed by atoms with Crippen LogP contribution < -0.4 is 5.32 Å². The second kappa shape index (κ2) is 7.82. The lowest BCUT2D eigenvalue weighted by Gasteiger charge is -2.31. The molecule has 144 valence electrons. The number of nitrogens with zero attached hydrogens (tertiary/aromatic N) is 1. The molecule has 3 rings (SSSR count). The molecule has 0 bridgehead atoms. The molecule has 1 aliphatic heterocycles. The van der Waals surface area contributed by atoms with E-state index in [2.05, 4.69) is 5.32 Å². The van der Waals surface area contributed by atoms with E-state index in [9.17, 15) is 13.2 Å². The summed E-state index contributed by atoms with van der Waals surface area (Å²) in [6.45, 7) is 6.55. The molecule has 1 heterocycles. The minimum atomic E-state index is -3.58. The zero-order valence-electron chi connectivity index (χ0n) is 16.0. The third-order valence-corrected chi connectivity index (χ3v) is 6.93. The SMILES string of the molecule is Cc1ccc(S(=O)(=O)N2CCC[C@@H](C(=O)Nc3ccc(C)cc3C)C2)cc1. The molecule has 1 fully saturated rings. The average molecular weight is 387 g/mol. The molecule has 1 N–H and O–H groups in total. The molecule has 0 aliphatic carbocycles. The van der Waals surface area contributed by atoms with Gasteiger partial charge >= 0.3 is 0 Å². The van der Waals surface area contributed by atoms with Crippen LogP contribution in [-0.2, 0) is 14.8 Å². The van der Waals surface area contributed by atoms with E-state index >= 15 is 0 Å². The molecule has 5 nitrogen and oxygen atoms in total. The minimum Gasteiger partial charge on any atom is -0.326 e. The van der Waals surface area contributed by atoms with Crippen LogP contribution in [0.15, 0.2) is 47.4 Å². The molecule has 1 aliphatic rings. The second-order valence-corrected chi connectivity index (χ2v) is 9.26. The van der Waals surface area contributed by atoms with E-state index < -0.39 is 10.0 Å². The summed E-state index contributed by atoms with van der Waals surface area (Å²) in [5, 5.41) is 2.97. The maximum Gasteiger partial charge on any atom is 0.243 e. The van der Waals surface area contributed by atoms with Crippen LogP contribution >= 0.6 is 0 Å². The number of carbonyl (C=O) groups excluding carboxylic acids is 1. The third-order valence-electron chi connectivity index (χ3n) is 5.05. The van der Waals surface area contributed by atoms with Gasteiger partial charge in [0.2, 0.25) is 15.9 Å². The van der Waals surface area contributed by atoms with Crippen molar-refractivity contribution in [2.45, 2.75) is 38.5 Å². The van der Waals surface area contributed by atoms with E-state index in [1.807, 2.05) is 39.0 Å². The highest BCUT2D eigenvalue weighted by atomic mass is 32.2. The number of hydrogen-bond donors (Lipinski definition) is 1. The van der Waals surface area contributed by atoms with Gasteiger partial charge in [0.05, 0.1) is 10.8 Å². The van der Waals surface area contributed by atoms with Gasteiger partial charge in [-0.25, -0.2) is 8.42 Å². The van der Waals surface area contributed by atoms with Crippen molar-refractivity contribution < 1.29 is 13.2 Å². The Bertz CT molecular complexity index is 936. The maximum absolute atomic E-state index is 12.9. The van der Waals surface area contributed by atoms with Gasteiger partial charge in [0.1, 0.15) is 0 Å². The van der Waals surface area contributed by atoms with Crippen molar-refractivity contribution >= 4 is 21.6 Å². The van der Waals surface area contributed by atoms with Crippen molar-refractivity contribution in [2.75, 3.05) is 18.4 Å². The van der Waals surface area contributed by atoms with Crippen molar-refractivity contribution in [2.24, 2.45) is 5.92 Å². The maximum atomic E-state index is 12.9. The number of aryl methyl sites for hydroxylation is 3. The summed E-state index contributed by atoms with van der Waals surface area (Å²) in [6.07, 6.45) is 1.37. The number of hydrogen-bond acceptors (Lipinski definition) is 3. The predicted molar refractivity (Wildman–Crippen MR) is 107 cm³/mol. The van der Waals surface area contributed by atoms with E-state index in [0.29, 0.717) is 19.4 Å². The molecule has 0 spiro atoms. The number of rotatable bonds is 4. The molecule has 0 radical (unpaired) electrons. The molecule has 0 unspecified atom stereocenters. The highest BCUT2D eigenvalue weighted by molar-refractivity contribution is 7.89. The summed E-state index contributed by atoms with van der Waals surface area (Å²) in [6, 6.07) is 12.7. The highest BCUT2D eigenvalue weighted by Gasteiger charge is 2.33. The van der Waals surface area contributed by atoms with Gasteiger partial charge in [0.25, 0.3) is 0 Å². The number of amides is 1. The first-order valence-corrected chi connectivity index (χ1v) is 10.7. The molecule has 0 aromatic heterocycles. The van der Waals surface area contributed by atoms with Crippen molar-refractivity contribution in [3.8, 4) is 0 Å². The number of piperidine rings is 1. The van der Waals surface area contributed by atoms with Gasteiger partial charge in [-0.2, -0.15) is 4.31 Å². The Morgan fingerprint density at radius 3 is 2.37 bits per heavy atom. The summed E-state index contributed by atoms with van der Waals surface area (Å²) >= 11 is 0. The summed E-state index contributed by atoms with van der Waals surface area (Å²) in [5.41, 5.74) is 3.93. The molecule has 1 amide bonds. The van der Waals surface area contributed by atoms with Crippen LogP contribution in [0.25, 0.3) is 0 Å². The standard InChI is InChI=1S/C21H26N2O3S/c1-15-6-9-19(10-7-15)27(25,26)23-12-4-5-18(14-23)21(24)22-20-11-8-16(2)13-17(20)3/h6-11,13,18H,4-5,12,14H2,1-3H3,(H,22,24)/t18-/m1/s1. The molecular formula is C21H26N2O3S. The van der Waals surface area contributed by atoms with Crippen LogP contribution in [-0.4, -0.2) is 31.7 Å².